The molecule has 0 radical (unpaired) electrons. The van der Waals surface area contributed by atoms with Crippen molar-refractivity contribution in [1.29, 1.82) is 0 Å². The van der Waals surface area contributed by atoms with Crippen molar-refractivity contribution in [2.24, 2.45) is 17.3 Å². The standard InChI is InChI=1S/C13H20/c1-3-5-6-13-8-11(13)12(13)10-7-9(10)4-2/h9,11H,3-8H2,1-2H3. The van der Waals surface area contributed by atoms with E-state index in [-0.39, 0.29) is 0 Å². The summed E-state index contributed by atoms with van der Waals surface area (Å²) in [5, 5.41) is 0. The zero-order valence-electron chi connectivity index (χ0n) is 8.90. The first-order valence-electron chi connectivity index (χ1n) is 6.07. The van der Waals surface area contributed by atoms with Gasteiger partial charge in [0.05, 0.1) is 0 Å². The van der Waals surface area contributed by atoms with Gasteiger partial charge in [-0.2, -0.15) is 0 Å². The topological polar surface area (TPSA) is 0 Å². The normalized spacial score (nSPS) is 50.3. The average molecular weight is 176 g/mol. The highest BCUT2D eigenvalue weighted by molar-refractivity contribution is 5.57. The third-order valence-corrected chi connectivity index (χ3v) is 4.49. The van der Waals surface area contributed by atoms with E-state index in [1.54, 1.807) is 6.42 Å². The molecule has 0 heteroatoms. The molecule has 0 heterocycles. The second-order valence-electron chi connectivity index (χ2n) is 5.26. The van der Waals surface area contributed by atoms with Crippen molar-refractivity contribution < 1.29 is 0 Å². The molecular formula is C13H20. The Bertz CT molecular complexity index is 274. The van der Waals surface area contributed by atoms with Crippen molar-refractivity contribution >= 4 is 0 Å². The minimum absolute atomic E-state index is 0.829. The van der Waals surface area contributed by atoms with Crippen LogP contribution in [0.25, 0.3) is 0 Å². The summed E-state index contributed by atoms with van der Waals surface area (Å²) in [5.74, 6) is 2.13. The smallest absolute Gasteiger partial charge is 0.00102 e. The highest BCUT2D eigenvalue weighted by atomic mass is 14.8. The van der Waals surface area contributed by atoms with Crippen molar-refractivity contribution in [1.82, 2.24) is 0 Å². The Morgan fingerprint density at radius 3 is 2.77 bits per heavy atom. The van der Waals surface area contributed by atoms with Gasteiger partial charge in [0, 0.05) is 0 Å². The second-order valence-corrected chi connectivity index (χ2v) is 5.26. The van der Waals surface area contributed by atoms with Crippen LogP contribution in [0.4, 0.5) is 0 Å². The summed E-state index contributed by atoms with van der Waals surface area (Å²) >= 11 is 0. The molecule has 72 valence electrons. The van der Waals surface area contributed by atoms with E-state index in [4.69, 9.17) is 0 Å². The van der Waals surface area contributed by atoms with Crippen LogP contribution in [0.1, 0.15) is 52.4 Å². The maximum Gasteiger partial charge on any atom is -0.00102 e. The van der Waals surface area contributed by atoms with E-state index < -0.39 is 0 Å². The molecule has 3 rings (SSSR count). The number of hydrogen-bond acceptors (Lipinski definition) is 0. The minimum atomic E-state index is 0.829. The van der Waals surface area contributed by atoms with E-state index in [9.17, 15) is 0 Å². The molecule has 0 saturated heterocycles. The van der Waals surface area contributed by atoms with E-state index in [0.717, 1.165) is 17.3 Å². The van der Waals surface area contributed by atoms with Gasteiger partial charge in [0.1, 0.15) is 0 Å². The molecular weight excluding hydrogens is 156 g/mol. The lowest BCUT2D eigenvalue weighted by atomic mass is 10.0. The summed E-state index contributed by atoms with van der Waals surface area (Å²) in [6.07, 6.45) is 8.79. The van der Waals surface area contributed by atoms with Crippen LogP contribution >= 0.6 is 0 Å². The van der Waals surface area contributed by atoms with Crippen molar-refractivity contribution in [3.8, 4) is 0 Å². The Kier molecular flexibility index (Phi) is 1.49. The van der Waals surface area contributed by atoms with Crippen LogP contribution < -0.4 is 0 Å². The van der Waals surface area contributed by atoms with Crippen LogP contribution in [0.5, 0.6) is 0 Å². The molecule has 0 aromatic carbocycles. The number of unbranched alkanes of at least 4 members (excludes halogenated alkanes) is 1. The molecule has 0 spiro atoms. The first kappa shape index (κ1) is 8.08. The summed E-state index contributed by atoms with van der Waals surface area (Å²) in [6, 6.07) is 0. The monoisotopic (exact) mass is 176 g/mol. The van der Waals surface area contributed by atoms with Gasteiger partial charge in [-0.1, -0.05) is 37.8 Å². The van der Waals surface area contributed by atoms with E-state index >= 15 is 0 Å². The molecule has 3 aliphatic rings. The van der Waals surface area contributed by atoms with E-state index in [1.165, 1.54) is 32.1 Å². The van der Waals surface area contributed by atoms with Crippen molar-refractivity contribution in [3.05, 3.63) is 11.1 Å². The number of hydrogen-bond donors (Lipinski definition) is 0. The van der Waals surface area contributed by atoms with Gasteiger partial charge in [-0.3, -0.25) is 0 Å². The molecule has 13 heavy (non-hydrogen) atoms. The highest BCUT2D eigenvalue weighted by Crippen LogP contribution is 2.84. The van der Waals surface area contributed by atoms with Crippen LogP contribution in [-0.4, -0.2) is 0 Å². The van der Waals surface area contributed by atoms with E-state index in [2.05, 4.69) is 13.8 Å². The van der Waals surface area contributed by atoms with Crippen LogP contribution in [-0.2, 0) is 0 Å². The van der Waals surface area contributed by atoms with Crippen LogP contribution in [0.3, 0.4) is 0 Å². The third kappa shape index (κ3) is 0.978. The number of fused-ring (bicyclic) bond motifs is 1. The summed E-state index contributed by atoms with van der Waals surface area (Å²) < 4.78 is 0. The fourth-order valence-corrected chi connectivity index (χ4v) is 3.25. The molecule has 0 bridgehead atoms. The molecule has 0 nitrogen and oxygen atoms in total. The molecule has 3 unspecified atom stereocenters. The lowest BCUT2D eigenvalue weighted by molar-refractivity contribution is 0.593. The van der Waals surface area contributed by atoms with Crippen LogP contribution in [0.2, 0.25) is 0 Å². The maximum atomic E-state index is 2.34. The van der Waals surface area contributed by atoms with Gasteiger partial charge in [0.25, 0.3) is 0 Å². The van der Waals surface area contributed by atoms with Gasteiger partial charge in [-0.05, 0) is 42.9 Å². The van der Waals surface area contributed by atoms with Crippen LogP contribution in [0.15, 0.2) is 11.1 Å². The first-order chi connectivity index (χ1) is 6.33. The van der Waals surface area contributed by atoms with E-state index in [0.29, 0.717) is 0 Å². The zero-order chi connectivity index (χ0) is 9.05. The molecule has 0 aromatic rings. The molecule has 0 amide bonds. The molecule has 0 aliphatic heterocycles. The second kappa shape index (κ2) is 2.40. The van der Waals surface area contributed by atoms with Gasteiger partial charge in [-0.25, -0.2) is 0 Å². The Morgan fingerprint density at radius 1 is 1.38 bits per heavy atom. The molecule has 3 fully saturated rings. The predicted molar refractivity (Wildman–Crippen MR) is 55.5 cm³/mol. The summed E-state index contributed by atoms with van der Waals surface area (Å²) in [6.45, 7) is 4.65. The molecule has 0 N–H and O–H groups in total. The maximum absolute atomic E-state index is 2.34. The first-order valence-corrected chi connectivity index (χ1v) is 6.07. The summed E-state index contributed by atoms with van der Waals surface area (Å²) in [7, 11) is 0. The molecule has 0 aromatic heterocycles. The van der Waals surface area contributed by atoms with Gasteiger partial charge in [0.2, 0.25) is 0 Å². The largest absolute Gasteiger partial charge is 0.0661 e. The summed E-state index contributed by atoms with van der Waals surface area (Å²) in [5.41, 5.74) is 4.68. The summed E-state index contributed by atoms with van der Waals surface area (Å²) in [4.78, 5) is 0. The fourth-order valence-electron chi connectivity index (χ4n) is 3.25. The fraction of sp³-hybridized carbons (Fsp3) is 0.846. The quantitative estimate of drug-likeness (QED) is 0.569. The van der Waals surface area contributed by atoms with Crippen molar-refractivity contribution in [2.75, 3.05) is 0 Å². The SMILES string of the molecule is CCCCC12CC1C2=C1CC1CC. The number of rotatable bonds is 4. The van der Waals surface area contributed by atoms with Gasteiger partial charge in [0.15, 0.2) is 0 Å². The minimum Gasteiger partial charge on any atom is -0.0661 e. The Morgan fingerprint density at radius 2 is 2.23 bits per heavy atom. The Balaban J connectivity index is 1.64. The van der Waals surface area contributed by atoms with Crippen LogP contribution in [0, 0.1) is 17.3 Å². The lowest BCUT2D eigenvalue weighted by Gasteiger charge is -2.02. The van der Waals surface area contributed by atoms with Crippen molar-refractivity contribution in [2.45, 2.75) is 52.4 Å². The zero-order valence-corrected chi connectivity index (χ0v) is 8.90. The van der Waals surface area contributed by atoms with Gasteiger partial charge < -0.3 is 0 Å². The molecule has 3 saturated carbocycles. The third-order valence-electron chi connectivity index (χ3n) is 4.49. The molecule has 3 atom stereocenters. The predicted octanol–water partition coefficient (Wildman–Crippen LogP) is 3.92. The highest BCUT2D eigenvalue weighted by Gasteiger charge is 2.75. The van der Waals surface area contributed by atoms with Gasteiger partial charge in [-0.15, -0.1) is 0 Å². The number of allylic oxidation sites excluding steroid dienone is 2. The lowest BCUT2D eigenvalue weighted by Crippen LogP contribution is -1.89. The molecule has 3 aliphatic carbocycles. The average Bonchev–Trinajstić information content (AvgIpc) is 2.97. The van der Waals surface area contributed by atoms with Crippen molar-refractivity contribution in [3.63, 3.8) is 0 Å². The Labute approximate surface area is 81.4 Å². The van der Waals surface area contributed by atoms with Gasteiger partial charge >= 0.3 is 0 Å². The Hall–Kier alpha value is -0.260. The van der Waals surface area contributed by atoms with E-state index in [1.807, 2.05) is 11.1 Å².